The standard InChI is InChI=1S/C7H12O4/c1-3-4-5-6(9-2)11-7(8)10-5/h5-6H,3-4H2,1-2H3. The van der Waals surface area contributed by atoms with Crippen LogP contribution in [0.2, 0.25) is 0 Å². The molecule has 11 heavy (non-hydrogen) atoms. The molecule has 1 fully saturated rings. The second kappa shape index (κ2) is 3.57. The van der Waals surface area contributed by atoms with Crippen molar-refractivity contribution in [3.63, 3.8) is 0 Å². The summed E-state index contributed by atoms with van der Waals surface area (Å²) in [5.74, 6) is 0. The van der Waals surface area contributed by atoms with Crippen LogP contribution < -0.4 is 0 Å². The van der Waals surface area contributed by atoms with Gasteiger partial charge in [-0.3, -0.25) is 0 Å². The Labute approximate surface area is 65.4 Å². The maximum atomic E-state index is 10.6. The summed E-state index contributed by atoms with van der Waals surface area (Å²) in [6.07, 6.45) is 0.362. The molecular formula is C7H12O4. The molecule has 0 bridgehead atoms. The Morgan fingerprint density at radius 1 is 1.55 bits per heavy atom. The fourth-order valence-corrected chi connectivity index (χ4v) is 1.06. The first-order chi connectivity index (χ1) is 5.27. The first kappa shape index (κ1) is 8.33. The van der Waals surface area contributed by atoms with Crippen molar-refractivity contribution in [1.82, 2.24) is 0 Å². The zero-order valence-corrected chi connectivity index (χ0v) is 6.70. The van der Waals surface area contributed by atoms with Crippen molar-refractivity contribution in [3.8, 4) is 0 Å². The molecule has 0 aromatic heterocycles. The van der Waals surface area contributed by atoms with Gasteiger partial charge in [0, 0.05) is 7.11 Å². The van der Waals surface area contributed by atoms with E-state index in [1.165, 1.54) is 7.11 Å². The first-order valence-electron chi connectivity index (χ1n) is 3.68. The van der Waals surface area contributed by atoms with Gasteiger partial charge in [-0.15, -0.1) is 0 Å². The van der Waals surface area contributed by atoms with Crippen LogP contribution in [0.3, 0.4) is 0 Å². The van der Waals surface area contributed by atoms with Gasteiger partial charge in [0.25, 0.3) is 0 Å². The van der Waals surface area contributed by atoms with E-state index in [-0.39, 0.29) is 6.10 Å². The molecule has 64 valence electrons. The lowest BCUT2D eigenvalue weighted by Crippen LogP contribution is -2.23. The maximum absolute atomic E-state index is 10.6. The SMILES string of the molecule is CCCC1OC(=O)OC1OC. The van der Waals surface area contributed by atoms with E-state index in [0.717, 1.165) is 12.8 Å². The Morgan fingerprint density at radius 2 is 2.27 bits per heavy atom. The van der Waals surface area contributed by atoms with Gasteiger partial charge in [0.15, 0.2) is 6.10 Å². The third kappa shape index (κ3) is 1.83. The number of cyclic esters (lactones) is 2. The minimum absolute atomic E-state index is 0.225. The largest absolute Gasteiger partial charge is 0.511 e. The predicted octanol–water partition coefficient (Wildman–Crippen LogP) is 1.29. The first-order valence-corrected chi connectivity index (χ1v) is 3.68. The summed E-state index contributed by atoms with van der Waals surface area (Å²) in [7, 11) is 1.50. The summed E-state index contributed by atoms with van der Waals surface area (Å²) in [5, 5.41) is 0. The smallest absolute Gasteiger partial charge is 0.424 e. The average molecular weight is 160 g/mol. The second-order valence-corrected chi connectivity index (χ2v) is 2.42. The van der Waals surface area contributed by atoms with Crippen LogP contribution in [0, 0.1) is 0 Å². The average Bonchev–Trinajstić information content (AvgIpc) is 2.32. The number of carbonyl (C=O) groups is 1. The molecule has 0 aromatic rings. The highest BCUT2D eigenvalue weighted by Crippen LogP contribution is 2.19. The lowest BCUT2D eigenvalue weighted by Gasteiger charge is -2.11. The molecule has 0 aromatic carbocycles. The predicted molar refractivity (Wildman–Crippen MR) is 37.1 cm³/mol. The Kier molecular flexibility index (Phi) is 2.70. The van der Waals surface area contributed by atoms with E-state index in [4.69, 9.17) is 14.2 Å². The van der Waals surface area contributed by atoms with Crippen LogP contribution in [-0.2, 0) is 14.2 Å². The van der Waals surface area contributed by atoms with E-state index in [9.17, 15) is 4.79 Å². The fraction of sp³-hybridized carbons (Fsp3) is 0.857. The quantitative estimate of drug-likeness (QED) is 0.583. The normalized spacial score (nSPS) is 29.8. The van der Waals surface area contributed by atoms with Gasteiger partial charge in [0.1, 0.15) is 0 Å². The molecule has 1 aliphatic rings. The topological polar surface area (TPSA) is 44.8 Å². The van der Waals surface area contributed by atoms with Crippen LogP contribution in [0.15, 0.2) is 0 Å². The number of ether oxygens (including phenoxy) is 3. The van der Waals surface area contributed by atoms with Gasteiger partial charge < -0.3 is 14.2 Å². The van der Waals surface area contributed by atoms with Gasteiger partial charge in [0.05, 0.1) is 0 Å². The third-order valence-corrected chi connectivity index (χ3v) is 1.57. The van der Waals surface area contributed by atoms with E-state index in [1.807, 2.05) is 6.92 Å². The second-order valence-electron chi connectivity index (χ2n) is 2.42. The van der Waals surface area contributed by atoms with E-state index in [1.54, 1.807) is 0 Å². The van der Waals surface area contributed by atoms with E-state index in [0.29, 0.717) is 0 Å². The molecule has 4 nitrogen and oxygen atoms in total. The molecule has 2 unspecified atom stereocenters. The lowest BCUT2D eigenvalue weighted by atomic mass is 10.2. The molecular weight excluding hydrogens is 148 g/mol. The highest BCUT2D eigenvalue weighted by molar-refractivity contribution is 5.62. The fourth-order valence-electron chi connectivity index (χ4n) is 1.06. The summed E-state index contributed by atoms with van der Waals surface area (Å²) in [4.78, 5) is 10.6. The summed E-state index contributed by atoms with van der Waals surface area (Å²) in [5.41, 5.74) is 0. The highest BCUT2D eigenvalue weighted by atomic mass is 16.8. The van der Waals surface area contributed by atoms with Gasteiger partial charge in [0.2, 0.25) is 6.29 Å². The summed E-state index contributed by atoms with van der Waals surface area (Å²) >= 11 is 0. The molecule has 4 heteroatoms. The van der Waals surface area contributed by atoms with Crippen molar-refractivity contribution in [3.05, 3.63) is 0 Å². The Bertz CT molecular complexity index is 145. The molecule has 0 spiro atoms. The summed E-state index contributed by atoms with van der Waals surface area (Å²) in [6, 6.07) is 0. The Hall–Kier alpha value is -0.770. The van der Waals surface area contributed by atoms with Gasteiger partial charge in [-0.2, -0.15) is 0 Å². The van der Waals surface area contributed by atoms with Crippen molar-refractivity contribution >= 4 is 6.16 Å². The maximum Gasteiger partial charge on any atom is 0.511 e. The van der Waals surface area contributed by atoms with Crippen LogP contribution in [0.4, 0.5) is 4.79 Å². The molecule has 1 rings (SSSR count). The summed E-state index contributed by atoms with van der Waals surface area (Å²) < 4.78 is 14.4. The van der Waals surface area contributed by atoms with Gasteiger partial charge in [-0.25, -0.2) is 4.79 Å². The van der Waals surface area contributed by atoms with Gasteiger partial charge in [-0.05, 0) is 6.42 Å². The van der Waals surface area contributed by atoms with Gasteiger partial charge in [-0.1, -0.05) is 13.3 Å². The van der Waals surface area contributed by atoms with Crippen LogP contribution in [0.5, 0.6) is 0 Å². The monoisotopic (exact) mass is 160 g/mol. The molecule has 0 radical (unpaired) electrons. The van der Waals surface area contributed by atoms with Crippen LogP contribution in [0.1, 0.15) is 19.8 Å². The van der Waals surface area contributed by atoms with E-state index < -0.39 is 12.4 Å². The molecule has 0 saturated carbocycles. The van der Waals surface area contributed by atoms with Crippen LogP contribution >= 0.6 is 0 Å². The van der Waals surface area contributed by atoms with Crippen LogP contribution in [0.25, 0.3) is 0 Å². The minimum Gasteiger partial charge on any atom is -0.424 e. The van der Waals surface area contributed by atoms with E-state index in [2.05, 4.69) is 0 Å². The number of rotatable bonds is 3. The minimum atomic E-state index is -0.629. The molecule has 1 heterocycles. The number of carbonyl (C=O) groups excluding carboxylic acids is 1. The molecule has 0 aliphatic carbocycles. The lowest BCUT2D eigenvalue weighted by molar-refractivity contribution is -0.0782. The molecule has 0 N–H and O–H groups in total. The molecule has 1 saturated heterocycles. The number of hydrogen-bond donors (Lipinski definition) is 0. The van der Waals surface area contributed by atoms with Crippen molar-refractivity contribution in [2.75, 3.05) is 7.11 Å². The number of hydrogen-bond acceptors (Lipinski definition) is 4. The van der Waals surface area contributed by atoms with Crippen molar-refractivity contribution in [2.24, 2.45) is 0 Å². The zero-order valence-electron chi connectivity index (χ0n) is 6.70. The van der Waals surface area contributed by atoms with Crippen molar-refractivity contribution in [2.45, 2.75) is 32.2 Å². The zero-order chi connectivity index (χ0) is 8.27. The number of methoxy groups -OCH3 is 1. The Balaban J connectivity index is 2.43. The summed E-state index contributed by atoms with van der Waals surface area (Å²) in [6.45, 7) is 2.01. The van der Waals surface area contributed by atoms with Gasteiger partial charge >= 0.3 is 6.16 Å². The van der Waals surface area contributed by atoms with Crippen molar-refractivity contribution < 1.29 is 19.0 Å². The van der Waals surface area contributed by atoms with Crippen LogP contribution in [-0.4, -0.2) is 25.7 Å². The molecule has 1 aliphatic heterocycles. The third-order valence-electron chi connectivity index (χ3n) is 1.57. The van der Waals surface area contributed by atoms with Crippen molar-refractivity contribution in [1.29, 1.82) is 0 Å². The highest BCUT2D eigenvalue weighted by Gasteiger charge is 2.35. The Morgan fingerprint density at radius 3 is 2.82 bits per heavy atom. The molecule has 2 atom stereocenters. The van der Waals surface area contributed by atoms with E-state index >= 15 is 0 Å². The molecule has 0 amide bonds.